The van der Waals surface area contributed by atoms with Gasteiger partial charge >= 0.3 is 5.97 Å². The van der Waals surface area contributed by atoms with Crippen molar-refractivity contribution in [2.75, 3.05) is 12.3 Å². The Kier molecular flexibility index (Phi) is 5.15. The molecule has 18 heavy (non-hydrogen) atoms. The molecule has 0 saturated heterocycles. The number of amides is 1. The van der Waals surface area contributed by atoms with Crippen LogP contribution in [0, 0.1) is 0 Å². The Labute approximate surface area is 114 Å². The van der Waals surface area contributed by atoms with Crippen LogP contribution in [-0.4, -0.2) is 24.5 Å². The topological polar surface area (TPSA) is 81.4 Å². The summed E-state index contributed by atoms with van der Waals surface area (Å²) in [6, 6.07) is 4.88. The van der Waals surface area contributed by atoms with E-state index in [4.69, 9.17) is 10.5 Å². The summed E-state index contributed by atoms with van der Waals surface area (Å²) in [7, 11) is 0. The van der Waals surface area contributed by atoms with Gasteiger partial charge in [-0.3, -0.25) is 4.79 Å². The Balaban J connectivity index is 2.61. The van der Waals surface area contributed by atoms with E-state index < -0.39 is 5.97 Å². The van der Waals surface area contributed by atoms with Crippen molar-refractivity contribution in [3.63, 3.8) is 0 Å². The molecule has 0 aliphatic carbocycles. The first-order valence-electron chi connectivity index (χ1n) is 5.42. The van der Waals surface area contributed by atoms with Gasteiger partial charge in [0.2, 0.25) is 0 Å². The zero-order valence-corrected chi connectivity index (χ0v) is 11.8. The number of rotatable bonds is 4. The number of ether oxygens (including phenoxy) is 1. The van der Waals surface area contributed by atoms with E-state index in [9.17, 15) is 9.59 Å². The molecule has 5 nitrogen and oxygen atoms in total. The largest absolute Gasteiger partial charge is 0.452 e. The summed E-state index contributed by atoms with van der Waals surface area (Å²) < 4.78 is 5.36. The van der Waals surface area contributed by atoms with E-state index in [2.05, 4.69) is 21.2 Å². The summed E-state index contributed by atoms with van der Waals surface area (Å²) in [6.45, 7) is 3.35. The molecule has 0 aliphatic heterocycles. The Morgan fingerprint density at radius 1 is 1.44 bits per heavy atom. The molecule has 0 radical (unpaired) electrons. The number of halogens is 1. The molecular formula is C12H15BrN2O3. The van der Waals surface area contributed by atoms with Gasteiger partial charge in [-0.2, -0.15) is 0 Å². The van der Waals surface area contributed by atoms with E-state index in [1.54, 1.807) is 18.2 Å². The maximum absolute atomic E-state index is 11.7. The highest BCUT2D eigenvalue weighted by Gasteiger charge is 2.14. The molecule has 0 spiro atoms. The molecule has 0 saturated carbocycles. The third-order valence-corrected chi connectivity index (χ3v) is 2.92. The van der Waals surface area contributed by atoms with Crippen molar-refractivity contribution in [3.8, 4) is 0 Å². The standard InChI is InChI=1S/C12H15BrN2O3/c1-7(2)15-10(16)6-18-12(17)8-4-3-5-9(14)11(8)13/h3-5,7H,6,14H2,1-2H3,(H,15,16). The molecule has 3 N–H and O–H groups in total. The number of anilines is 1. The van der Waals surface area contributed by atoms with Crippen LogP contribution in [0.1, 0.15) is 24.2 Å². The highest BCUT2D eigenvalue weighted by atomic mass is 79.9. The molecule has 0 heterocycles. The maximum atomic E-state index is 11.7. The number of nitrogens with two attached hydrogens (primary N) is 1. The number of esters is 1. The second kappa shape index (κ2) is 6.39. The molecular weight excluding hydrogens is 300 g/mol. The number of nitrogen functional groups attached to an aromatic ring is 1. The minimum Gasteiger partial charge on any atom is -0.452 e. The normalized spacial score (nSPS) is 10.2. The first-order valence-corrected chi connectivity index (χ1v) is 6.21. The van der Waals surface area contributed by atoms with Gasteiger partial charge in [0, 0.05) is 11.7 Å². The third kappa shape index (κ3) is 4.03. The maximum Gasteiger partial charge on any atom is 0.339 e. The van der Waals surface area contributed by atoms with Gasteiger partial charge in [0.15, 0.2) is 6.61 Å². The first-order chi connectivity index (χ1) is 8.41. The number of hydrogen-bond acceptors (Lipinski definition) is 4. The fraction of sp³-hybridized carbons (Fsp3) is 0.333. The molecule has 1 rings (SSSR count). The van der Waals surface area contributed by atoms with Crippen molar-refractivity contribution >= 4 is 33.5 Å². The predicted molar refractivity (Wildman–Crippen MR) is 72.1 cm³/mol. The summed E-state index contributed by atoms with van der Waals surface area (Å²) in [5.41, 5.74) is 6.39. The lowest BCUT2D eigenvalue weighted by Gasteiger charge is -2.10. The number of carbonyl (C=O) groups excluding carboxylic acids is 2. The number of carbonyl (C=O) groups is 2. The van der Waals surface area contributed by atoms with Crippen LogP contribution < -0.4 is 11.1 Å². The van der Waals surface area contributed by atoms with Gasteiger partial charge in [-0.25, -0.2) is 4.79 Å². The molecule has 0 aliphatic rings. The van der Waals surface area contributed by atoms with Crippen LogP contribution in [0.25, 0.3) is 0 Å². The number of nitrogens with one attached hydrogen (secondary N) is 1. The average Bonchev–Trinajstić information content (AvgIpc) is 2.29. The van der Waals surface area contributed by atoms with Crippen LogP contribution in [0.2, 0.25) is 0 Å². The van der Waals surface area contributed by atoms with E-state index in [1.807, 2.05) is 13.8 Å². The van der Waals surface area contributed by atoms with Crippen molar-refractivity contribution in [2.45, 2.75) is 19.9 Å². The quantitative estimate of drug-likeness (QED) is 0.655. The SMILES string of the molecule is CC(C)NC(=O)COC(=O)c1cccc(N)c1Br. The van der Waals surface area contributed by atoms with Crippen LogP contribution in [0.3, 0.4) is 0 Å². The summed E-state index contributed by atoms with van der Waals surface area (Å²) in [5, 5.41) is 2.62. The minimum atomic E-state index is -0.590. The van der Waals surface area contributed by atoms with Gasteiger partial charge in [0.25, 0.3) is 5.91 Å². The fourth-order valence-electron chi connectivity index (χ4n) is 1.28. The molecule has 0 unspecified atom stereocenters. The Morgan fingerprint density at radius 3 is 2.72 bits per heavy atom. The molecule has 0 bridgehead atoms. The van der Waals surface area contributed by atoms with Crippen molar-refractivity contribution in [1.82, 2.24) is 5.32 Å². The highest BCUT2D eigenvalue weighted by molar-refractivity contribution is 9.10. The van der Waals surface area contributed by atoms with Crippen molar-refractivity contribution in [2.24, 2.45) is 0 Å². The van der Waals surface area contributed by atoms with Crippen molar-refractivity contribution < 1.29 is 14.3 Å². The lowest BCUT2D eigenvalue weighted by molar-refractivity contribution is -0.124. The molecule has 0 atom stereocenters. The number of hydrogen-bond donors (Lipinski definition) is 2. The smallest absolute Gasteiger partial charge is 0.339 e. The highest BCUT2D eigenvalue weighted by Crippen LogP contribution is 2.24. The summed E-state index contributed by atoms with van der Waals surface area (Å²) in [4.78, 5) is 23.0. The summed E-state index contributed by atoms with van der Waals surface area (Å²) >= 11 is 3.20. The first kappa shape index (κ1) is 14.5. The van der Waals surface area contributed by atoms with Gasteiger partial charge in [0.1, 0.15) is 0 Å². The zero-order valence-electron chi connectivity index (χ0n) is 10.2. The van der Waals surface area contributed by atoms with Crippen molar-refractivity contribution in [3.05, 3.63) is 28.2 Å². The zero-order chi connectivity index (χ0) is 13.7. The van der Waals surface area contributed by atoms with Gasteiger partial charge < -0.3 is 15.8 Å². The Morgan fingerprint density at radius 2 is 2.11 bits per heavy atom. The van der Waals surface area contributed by atoms with Gasteiger partial charge in [0.05, 0.1) is 10.0 Å². The molecule has 1 amide bonds. The van der Waals surface area contributed by atoms with E-state index in [0.717, 1.165) is 0 Å². The van der Waals surface area contributed by atoms with Crippen LogP contribution in [-0.2, 0) is 9.53 Å². The summed E-state index contributed by atoms with van der Waals surface area (Å²) in [5.74, 6) is -0.925. The molecule has 1 aromatic carbocycles. The molecule has 0 fully saturated rings. The van der Waals surface area contributed by atoms with E-state index in [1.165, 1.54) is 0 Å². The van der Waals surface area contributed by atoms with E-state index in [-0.39, 0.29) is 18.6 Å². The second-order valence-corrected chi connectivity index (χ2v) is 4.80. The van der Waals surface area contributed by atoms with Crippen molar-refractivity contribution in [1.29, 1.82) is 0 Å². The van der Waals surface area contributed by atoms with Gasteiger partial charge in [-0.1, -0.05) is 6.07 Å². The Hall–Kier alpha value is -1.56. The molecule has 98 valence electrons. The molecule has 6 heteroatoms. The van der Waals surface area contributed by atoms with Crippen LogP contribution >= 0.6 is 15.9 Å². The third-order valence-electron chi connectivity index (χ3n) is 2.03. The van der Waals surface area contributed by atoms with Crippen LogP contribution in [0.5, 0.6) is 0 Å². The number of benzene rings is 1. The van der Waals surface area contributed by atoms with Gasteiger partial charge in [-0.15, -0.1) is 0 Å². The summed E-state index contributed by atoms with van der Waals surface area (Å²) in [6.07, 6.45) is 0. The lowest BCUT2D eigenvalue weighted by atomic mass is 10.2. The second-order valence-electron chi connectivity index (χ2n) is 4.01. The van der Waals surface area contributed by atoms with Crippen LogP contribution in [0.15, 0.2) is 22.7 Å². The Bertz CT molecular complexity index is 461. The lowest BCUT2D eigenvalue weighted by Crippen LogP contribution is -2.34. The monoisotopic (exact) mass is 314 g/mol. The van der Waals surface area contributed by atoms with E-state index >= 15 is 0 Å². The average molecular weight is 315 g/mol. The molecule has 1 aromatic rings. The van der Waals surface area contributed by atoms with Gasteiger partial charge in [-0.05, 0) is 41.9 Å². The predicted octanol–water partition coefficient (Wildman–Crippen LogP) is 1.71. The minimum absolute atomic E-state index is 0.00954. The molecule has 0 aromatic heterocycles. The fourth-order valence-corrected chi connectivity index (χ4v) is 1.71. The van der Waals surface area contributed by atoms with E-state index in [0.29, 0.717) is 15.7 Å². The van der Waals surface area contributed by atoms with Crippen LogP contribution in [0.4, 0.5) is 5.69 Å².